The van der Waals surface area contributed by atoms with E-state index < -0.39 is 23.4 Å². The second-order valence-corrected chi connectivity index (χ2v) is 5.73. The molecule has 2 aromatic carbocycles. The van der Waals surface area contributed by atoms with Gasteiger partial charge in [-0.05, 0) is 42.8 Å². The van der Waals surface area contributed by atoms with Crippen molar-refractivity contribution in [2.75, 3.05) is 22.1 Å². The summed E-state index contributed by atoms with van der Waals surface area (Å²) in [6.07, 6.45) is 1.32. The Morgan fingerprint density at radius 1 is 0.885 bits per heavy atom. The van der Waals surface area contributed by atoms with E-state index in [9.17, 15) is 23.2 Å². The molecule has 1 heterocycles. The van der Waals surface area contributed by atoms with Crippen molar-refractivity contribution in [3.05, 3.63) is 54.1 Å². The van der Waals surface area contributed by atoms with Crippen LogP contribution in [0.3, 0.4) is 0 Å². The quantitative estimate of drug-likeness (QED) is 0.827. The maximum absolute atomic E-state index is 13.1. The second-order valence-electron chi connectivity index (χ2n) is 5.73. The maximum Gasteiger partial charge on any atom is 0.314 e. The molecule has 2 N–H and O–H groups in total. The minimum absolute atomic E-state index is 0.0352. The predicted molar refractivity (Wildman–Crippen MR) is 91.6 cm³/mol. The maximum atomic E-state index is 13.1. The zero-order valence-corrected chi connectivity index (χ0v) is 13.6. The standard InChI is InChI=1S/C18H15F2N3O3/c19-14-8-5-12(10-15(14)20)22-18(26)17(25)21-11-3-6-13(7-4-11)23-9-1-2-16(23)24/h3-8,10H,1-2,9H2,(H,21,25)(H,22,26). The van der Waals surface area contributed by atoms with Crippen LogP contribution in [-0.4, -0.2) is 24.3 Å². The van der Waals surface area contributed by atoms with Crippen molar-refractivity contribution >= 4 is 34.8 Å². The van der Waals surface area contributed by atoms with Gasteiger partial charge in [0.25, 0.3) is 0 Å². The smallest absolute Gasteiger partial charge is 0.314 e. The molecule has 3 rings (SSSR count). The average molecular weight is 359 g/mol. The molecule has 1 saturated heterocycles. The van der Waals surface area contributed by atoms with Gasteiger partial charge in [0, 0.05) is 36.1 Å². The molecule has 26 heavy (non-hydrogen) atoms. The highest BCUT2D eigenvalue weighted by Crippen LogP contribution is 2.23. The van der Waals surface area contributed by atoms with E-state index in [1.807, 2.05) is 0 Å². The Labute approximate surface area is 147 Å². The number of carbonyl (C=O) groups excluding carboxylic acids is 3. The molecule has 0 spiro atoms. The first-order valence-corrected chi connectivity index (χ1v) is 7.92. The van der Waals surface area contributed by atoms with Crippen molar-refractivity contribution in [1.82, 2.24) is 0 Å². The number of carbonyl (C=O) groups is 3. The molecule has 1 fully saturated rings. The number of nitrogens with zero attached hydrogens (tertiary/aromatic N) is 1. The van der Waals surface area contributed by atoms with Gasteiger partial charge in [-0.1, -0.05) is 0 Å². The molecule has 0 aromatic heterocycles. The van der Waals surface area contributed by atoms with Crippen LogP contribution in [0.1, 0.15) is 12.8 Å². The van der Waals surface area contributed by atoms with E-state index >= 15 is 0 Å². The van der Waals surface area contributed by atoms with E-state index in [1.165, 1.54) is 0 Å². The molecule has 0 radical (unpaired) electrons. The van der Waals surface area contributed by atoms with Crippen LogP contribution in [0, 0.1) is 11.6 Å². The Kier molecular flexibility index (Phi) is 4.92. The summed E-state index contributed by atoms with van der Waals surface area (Å²) in [6.45, 7) is 0.654. The molecule has 2 aromatic rings. The summed E-state index contributed by atoms with van der Waals surface area (Å²) in [5.74, 6) is -4.11. The molecular weight excluding hydrogens is 344 g/mol. The predicted octanol–water partition coefficient (Wildman–Crippen LogP) is 2.67. The fraction of sp³-hybridized carbons (Fsp3) is 0.167. The van der Waals surface area contributed by atoms with Gasteiger partial charge in [-0.3, -0.25) is 14.4 Å². The normalized spacial score (nSPS) is 13.6. The first-order valence-electron chi connectivity index (χ1n) is 7.92. The van der Waals surface area contributed by atoms with E-state index in [0.29, 0.717) is 18.7 Å². The second kappa shape index (κ2) is 7.30. The van der Waals surface area contributed by atoms with Crippen LogP contribution in [-0.2, 0) is 14.4 Å². The summed E-state index contributed by atoms with van der Waals surface area (Å²) >= 11 is 0. The highest BCUT2D eigenvalue weighted by atomic mass is 19.2. The van der Waals surface area contributed by atoms with Crippen LogP contribution in [0.4, 0.5) is 25.8 Å². The van der Waals surface area contributed by atoms with Crippen LogP contribution in [0.5, 0.6) is 0 Å². The van der Waals surface area contributed by atoms with Gasteiger partial charge in [-0.15, -0.1) is 0 Å². The van der Waals surface area contributed by atoms with Crippen LogP contribution in [0.15, 0.2) is 42.5 Å². The molecule has 8 heteroatoms. The molecule has 1 aliphatic rings. The summed E-state index contributed by atoms with van der Waals surface area (Å²) in [7, 11) is 0. The van der Waals surface area contributed by atoms with Gasteiger partial charge in [-0.25, -0.2) is 8.78 Å². The number of rotatable bonds is 3. The fourth-order valence-electron chi connectivity index (χ4n) is 2.60. The average Bonchev–Trinajstić information content (AvgIpc) is 3.05. The number of anilines is 3. The van der Waals surface area contributed by atoms with E-state index in [-0.39, 0.29) is 11.6 Å². The van der Waals surface area contributed by atoms with E-state index in [2.05, 4.69) is 10.6 Å². The van der Waals surface area contributed by atoms with Crippen molar-refractivity contribution in [2.45, 2.75) is 12.8 Å². The summed E-state index contributed by atoms with van der Waals surface area (Å²) in [5.41, 5.74) is 1.05. The molecular formula is C18H15F2N3O3. The zero-order valence-electron chi connectivity index (χ0n) is 13.6. The Bertz CT molecular complexity index is 868. The molecule has 0 bridgehead atoms. The lowest BCUT2D eigenvalue weighted by Crippen LogP contribution is -2.29. The van der Waals surface area contributed by atoms with Gasteiger partial charge in [0.2, 0.25) is 5.91 Å². The fourth-order valence-corrected chi connectivity index (χ4v) is 2.60. The SMILES string of the molecule is O=C(Nc1ccc(N2CCCC2=O)cc1)C(=O)Nc1ccc(F)c(F)c1. The Balaban J connectivity index is 1.61. The van der Waals surface area contributed by atoms with Crippen molar-refractivity contribution in [3.63, 3.8) is 0 Å². The first kappa shape index (κ1) is 17.5. The highest BCUT2D eigenvalue weighted by Gasteiger charge is 2.21. The number of halogens is 2. The Morgan fingerprint density at radius 3 is 2.08 bits per heavy atom. The minimum Gasteiger partial charge on any atom is -0.318 e. The molecule has 0 saturated carbocycles. The molecule has 6 nitrogen and oxygen atoms in total. The van der Waals surface area contributed by atoms with Crippen molar-refractivity contribution in [1.29, 1.82) is 0 Å². The van der Waals surface area contributed by atoms with Gasteiger partial charge in [0.15, 0.2) is 11.6 Å². The topological polar surface area (TPSA) is 78.5 Å². The third-order valence-electron chi connectivity index (χ3n) is 3.89. The summed E-state index contributed by atoms with van der Waals surface area (Å²) in [5, 5.41) is 4.58. The Hall–Kier alpha value is -3.29. The van der Waals surface area contributed by atoms with Crippen LogP contribution in [0.2, 0.25) is 0 Å². The van der Waals surface area contributed by atoms with Gasteiger partial charge in [0.05, 0.1) is 0 Å². The van der Waals surface area contributed by atoms with Gasteiger partial charge < -0.3 is 15.5 Å². The van der Waals surface area contributed by atoms with E-state index in [1.54, 1.807) is 29.2 Å². The molecule has 0 aliphatic carbocycles. The van der Waals surface area contributed by atoms with Crippen molar-refractivity contribution in [2.24, 2.45) is 0 Å². The van der Waals surface area contributed by atoms with Gasteiger partial charge >= 0.3 is 11.8 Å². The zero-order chi connectivity index (χ0) is 18.7. The Morgan fingerprint density at radius 2 is 1.50 bits per heavy atom. The van der Waals surface area contributed by atoms with E-state index in [0.717, 1.165) is 30.3 Å². The number of hydrogen-bond acceptors (Lipinski definition) is 3. The summed E-state index contributed by atoms with van der Waals surface area (Å²) in [4.78, 5) is 37.1. The van der Waals surface area contributed by atoms with Crippen LogP contribution in [0.25, 0.3) is 0 Å². The molecule has 134 valence electrons. The third-order valence-corrected chi connectivity index (χ3v) is 3.89. The number of hydrogen-bond donors (Lipinski definition) is 2. The van der Waals surface area contributed by atoms with Crippen LogP contribution >= 0.6 is 0 Å². The lowest BCUT2D eigenvalue weighted by atomic mass is 10.2. The van der Waals surface area contributed by atoms with Gasteiger partial charge in [-0.2, -0.15) is 0 Å². The lowest BCUT2D eigenvalue weighted by Gasteiger charge is -2.16. The first-order chi connectivity index (χ1) is 12.4. The lowest BCUT2D eigenvalue weighted by molar-refractivity contribution is -0.133. The van der Waals surface area contributed by atoms with Crippen LogP contribution < -0.4 is 15.5 Å². The monoisotopic (exact) mass is 359 g/mol. The summed E-state index contributed by atoms with van der Waals surface area (Å²) < 4.78 is 26.0. The minimum atomic E-state index is -1.13. The molecule has 3 amide bonds. The number of nitrogens with one attached hydrogen (secondary N) is 2. The number of amides is 3. The largest absolute Gasteiger partial charge is 0.318 e. The van der Waals surface area contributed by atoms with Crippen molar-refractivity contribution < 1.29 is 23.2 Å². The molecule has 0 unspecified atom stereocenters. The molecule has 1 aliphatic heterocycles. The van der Waals surface area contributed by atoms with Gasteiger partial charge in [0.1, 0.15) is 0 Å². The summed E-state index contributed by atoms with van der Waals surface area (Å²) in [6, 6.07) is 9.26. The highest BCUT2D eigenvalue weighted by molar-refractivity contribution is 6.43. The van der Waals surface area contributed by atoms with Crippen molar-refractivity contribution in [3.8, 4) is 0 Å². The molecule has 0 atom stereocenters. The number of benzene rings is 2. The van der Waals surface area contributed by atoms with E-state index in [4.69, 9.17) is 0 Å². The third kappa shape index (κ3) is 3.85.